The Morgan fingerprint density at radius 3 is 2.61 bits per heavy atom. The zero-order valence-electron chi connectivity index (χ0n) is 18.0. The first-order valence-corrected chi connectivity index (χ1v) is 10.7. The lowest BCUT2D eigenvalue weighted by Crippen LogP contribution is -2.38. The van der Waals surface area contributed by atoms with Gasteiger partial charge in [0.1, 0.15) is 11.0 Å². The van der Waals surface area contributed by atoms with Gasteiger partial charge in [-0.2, -0.15) is 0 Å². The van der Waals surface area contributed by atoms with Gasteiger partial charge in [-0.3, -0.25) is 9.36 Å². The summed E-state index contributed by atoms with van der Waals surface area (Å²) >= 11 is 5.88. The van der Waals surface area contributed by atoms with E-state index in [9.17, 15) is 14.7 Å². The standard InChI is InChI=1S/C23H25ClN4O3/c1-12-10-14(13(2)25-16-6-7-17(24)26-19(16)21(30)31)18-15(11-12)20(29)28(4)22(27-18)23(3)8-5-9-23/h6-7,10-11,13,25H,5,8-9H2,1-4H3,(H,30,31)/t13-/m1/s1. The second-order valence-corrected chi connectivity index (χ2v) is 9.05. The number of fused-ring (bicyclic) bond motifs is 1. The molecule has 0 spiro atoms. The molecule has 1 fully saturated rings. The molecule has 2 aromatic heterocycles. The molecule has 1 aliphatic rings. The van der Waals surface area contributed by atoms with Crippen molar-refractivity contribution < 1.29 is 9.90 Å². The molecular formula is C23H25ClN4O3. The van der Waals surface area contributed by atoms with Gasteiger partial charge in [0.05, 0.1) is 22.6 Å². The fourth-order valence-corrected chi connectivity index (χ4v) is 4.53. The fourth-order valence-electron chi connectivity index (χ4n) is 4.38. The van der Waals surface area contributed by atoms with Crippen molar-refractivity contribution in [3.63, 3.8) is 0 Å². The van der Waals surface area contributed by atoms with Crippen molar-refractivity contribution in [2.45, 2.75) is 51.5 Å². The molecule has 0 saturated heterocycles. The normalized spacial score (nSPS) is 16.0. The smallest absolute Gasteiger partial charge is 0.356 e. The molecular weight excluding hydrogens is 416 g/mol. The maximum absolute atomic E-state index is 13.2. The van der Waals surface area contributed by atoms with E-state index in [4.69, 9.17) is 16.6 Å². The monoisotopic (exact) mass is 440 g/mol. The highest BCUT2D eigenvalue weighted by Gasteiger charge is 2.37. The summed E-state index contributed by atoms with van der Waals surface area (Å²) in [6, 6.07) is 6.68. The molecule has 4 rings (SSSR count). The number of rotatable bonds is 5. The number of hydrogen-bond donors (Lipinski definition) is 2. The summed E-state index contributed by atoms with van der Waals surface area (Å²) in [4.78, 5) is 33.7. The predicted octanol–water partition coefficient (Wildman–Crippen LogP) is 4.60. The predicted molar refractivity (Wildman–Crippen MR) is 121 cm³/mol. The molecule has 3 aromatic rings. The zero-order valence-corrected chi connectivity index (χ0v) is 18.7. The van der Waals surface area contributed by atoms with Crippen LogP contribution >= 0.6 is 11.6 Å². The van der Waals surface area contributed by atoms with Crippen LogP contribution < -0.4 is 10.9 Å². The van der Waals surface area contributed by atoms with Crippen molar-refractivity contribution in [3.05, 3.63) is 62.4 Å². The largest absolute Gasteiger partial charge is 0.476 e. The Morgan fingerprint density at radius 1 is 1.29 bits per heavy atom. The third-order valence-corrected chi connectivity index (χ3v) is 6.46. The number of anilines is 1. The van der Waals surface area contributed by atoms with Crippen LogP contribution in [0.25, 0.3) is 10.9 Å². The lowest BCUT2D eigenvalue weighted by molar-refractivity contribution is 0.0691. The van der Waals surface area contributed by atoms with E-state index < -0.39 is 5.97 Å². The summed E-state index contributed by atoms with van der Waals surface area (Å²) in [5.74, 6) is -0.369. The van der Waals surface area contributed by atoms with E-state index in [1.807, 2.05) is 26.0 Å². The molecule has 0 radical (unpaired) electrons. The van der Waals surface area contributed by atoms with Crippen molar-refractivity contribution >= 4 is 34.2 Å². The first-order chi connectivity index (χ1) is 14.6. The lowest BCUT2D eigenvalue weighted by Gasteiger charge is -2.38. The average molecular weight is 441 g/mol. The maximum Gasteiger partial charge on any atom is 0.356 e. The zero-order chi connectivity index (χ0) is 22.5. The summed E-state index contributed by atoms with van der Waals surface area (Å²) in [6.07, 6.45) is 3.14. The summed E-state index contributed by atoms with van der Waals surface area (Å²) < 4.78 is 1.68. The van der Waals surface area contributed by atoms with Crippen LogP contribution in [0.3, 0.4) is 0 Å². The van der Waals surface area contributed by atoms with Gasteiger partial charge in [-0.1, -0.05) is 31.0 Å². The topological polar surface area (TPSA) is 97.1 Å². The molecule has 1 aliphatic carbocycles. The minimum Gasteiger partial charge on any atom is -0.476 e. The summed E-state index contributed by atoms with van der Waals surface area (Å²) in [5.41, 5.74) is 2.46. The van der Waals surface area contributed by atoms with Gasteiger partial charge in [-0.05, 0) is 50.5 Å². The van der Waals surface area contributed by atoms with E-state index in [1.54, 1.807) is 23.7 Å². The molecule has 0 aliphatic heterocycles. The van der Waals surface area contributed by atoms with Crippen molar-refractivity contribution in [1.29, 1.82) is 0 Å². The summed E-state index contributed by atoms with van der Waals surface area (Å²) in [5, 5.41) is 13.4. The number of nitrogens with zero attached hydrogens (tertiary/aromatic N) is 3. The Hall–Kier alpha value is -2.93. The summed E-state index contributed by atoms with van der Waals surface area (Å²) in [7, 11) is 1.79. The van der Waals surface area contributed by atoms with Crippen LogP contribution in [-0.2, 0) is 12.5 Å². The number of pyridine rings is 1. The Balaban J connectivity index is 1.86. The number of carbonyl (C=O) groups is 1. The minimum absolute atomic E-state index is 0.0651. The molecule has 0 bridgehead atoms. The molecule has 31 heavy (non-hydrogen) atoms. The van der Waals surface area contributed by atoms with Crippen LogP contribution in [0.4, 0.5) is 5.69 Å². The molecule has 1 aromatic carbocycles. The van der Waals surface area contributed by atoms with Crippen LogP contribution in [-0.4, -0.2) is 25.6 Å². The second kappa shape index (κ2) is 7.64. The Labute approximate surface area is 185 Å². The minimum atomic E-state index is -1.17. The fraction of sp³-hybridized carbons (Fsp3) is 0.391. The number of hydrogen-bond acceptors (Lipinski definition) is 5. The Morgan fingerprint density at radius 2 is 2.00 bits per heavy atom. The maximum atomic E-state index is 13.2. The van der Waals surface area contributed by atoms with Gasteiger partial charge in [0.2, 0.25) is 0 Å². The van der Waals surface area contributed by atoms with E-state index in [2.05, 4.69) is 17.2 Å². The third-order valence-electron chi connectivity index (χ3n) is 6.25. The quantitative estimate of drug-likeness (QED) is 0.562. The van der Waals surface area contributed by atoms with Crippen LogP contribution in [0.5, 0.6) is 0 Å². The lowest BCUT2D eigenvalue weighted by atomic mass is 9.69. The number of benzene rings is 1. The van der Waals surface area contributed by atoms with Crippen LogP contribution in [0.15, 0.2) is 29.1 Å². The highest BCUT2D eigenvalue weighted by Crippen LogP contribution is 2.42. The number of aromatic carboxylic acids is 1. The third kappa shape index (κ3) is 3.67. The molecule has 0 unspecified atom stereocenters. The summed E-state index contributed by atoms with van der Waals surface area (Å²) in [6.45, 7) is 6.00. The molecule has 8 heteroatoms. The van der Waals surface area contributed by atoms with Crippen molar-refractivity contribution in [2.75, 3.05) is 5.32 Å². The van der Waals surface area contributed by atoms with Crippen LogP contribution in [0, 0.1) is 6.92 Å². The SMILES string of the molecule is Cc1cc([C@@H](C)Nc2ccc(Cl)nc2C(=O)O)c2nc(C3(C)CCC3)n(C)c(=O)c2c1. The first kappa shape index (κ1) is 21.3. The molecule has 162 valence electrons. The van der Waals surface area contributed by atoms with Crippen molar-refractivity contribution in [3.8, 4) is 0 Å². The number of carboxylic acid groups (broad SMARTS) is 1. The van der Waals surface area contributed by atoms with Gasteiger partial charge in [0.25, 0.3) is 5.56 Å². The Bertz CT molecular complexity index is 1260. The van der Waals surface area contributed by atoms with E-state index in [-0.39, 0.29) is 27.9 Å². The molecule has 1 atom stereocenters. The molecule has 1 saturated carbocycles. The van der Waals surface area contributed by atoms with Gasteiger partial charge in [0, 0.05) is 18.0 Å². The second-order valence-electron chi connectivity index (χ2n) is 8.67. The molecule has 2 heterocycles. The van der Waals surface area contributed by atoms with E-state index in [0.29, 0.717) is 16.6 Å². The van der Waals surface area contributed by atoms with E-state index in [0.717, 1.165) is 36.2 Å². The number of carboxylic acids is 1. The molecule has 7 nitrogen and oxygen atoms in total. The number of halogens is 1. The van der Waals surface area contributed by atoms with Gasteiger partial charge in [-0.15, -0.1) is 0 Å². The van der Waals surface area contributed by atoms with Crippen molar-refractivity contribution in [2.24, 2.45) is 7.05 Å². The first-order valence-electron chi connectivity index (χ1n) is 10.3. The van der Waals surface area contributed by atoms with Crippen LogP contribution in [0.2, 0.25) is 5.15 Å². The van der Waals surface area contributed by atoms with Crippen LogP contribution in [0.1, 0.15) is 66.6 Å². The van der Waals surface area contributed by atoms with E-state index >= 15 is 0 Å². The average Bonchev–Trinajstić information content (AvgIpc) is 2.69. The number of nitrogens with one attached hydrogen (secondary N) is 1. The number of aryl methyl sites for hydroxylation is 1. The molecule has 0 amide bonds. The highest BCUT2D eigenvalue weighted by atomic mass is 35.5. The van der Waals surface area contributed by atoms with E-state index in [1.165, 1.54) is 0 Å². The van der Waals surface area contributed by atoms with Gasteiger partial charge < -0.3 is 10.4 Å². The van der Waals surface area contributed by atoms with Gasteiger partial charge in [0.15, 0.2) is 5.69 Å². The van der Waals surface area contributed by atoms with Gasteiger partial charge >= 0.3 is 5.97 Å². The Kier molecular flexibility index (Phi) is 5.25. The van der Waals surface area contributed by atoms with Crippen molar-refractivity contribution in [1.82, 2.24) is 14.5 Å². The van der Waals surface area contributed by atoms with Gasteiger partial charge in [-0.25, -0.2) is 14.8 Å². The number of aromatic nitrogens is 3. The highest BCUT2D eigenvalue weighted by molar-refractivity contribution is 6.29. The molecule has 2 N–H and O–H groups in total.